The quantitative estimate of drug-likeness (QED) is 0.779. The lowest BCUT2D eigenvalue weighted by Crippen LogP contribution is -2.44. The third-order valence-corrected chi connectivity index (χ3v) is 6.59. The molecule has 8 nitrogen and oxygen atoms in total. The van der Waals surface area contributed by atoms with Gasteiger partial charge in [-0.3, -0.25) is 0 Å². The number of rotatable bonds is 4. The van der Waals surface area contributed by atoms with Gasteiger partial charge in [-0.25, -0.2) is 9.97 Å². The maximum atomic E-state index is 12.8. The minimum absolute atomic E-state index is 0.488. The van der Waals surface area contributed by atoms with Crippen molar-refractivity contribution in [1.82, 2.24) is 18.6 Å². The van der Waals surface area contributed by atoms with E-state index in [-0.39, 0.29) is 0 Å². The van der Waals surface area contributed by atoms with Crippen molar-refractivity contribution in [1.29, 1.82) is 0 Å². The molecule has 0 N–H and O–H groups in total. The normalized spacial score (nSPS) is 21.0. The Hall–Kier alpha value is -1.45. The Morgan fingerprint density at radius 2 is 1.50 bits per heavy atom. The molecule has 0 aromatic carbocycles. The molecule has 3 heterocycles. The third kappa shape index (κ3) is 3.47. The van der Waals surface area contributed by atoms with E-state index in [9.17, 15) is 8.42 Å². The van der Waals surface area contributed by atoms with Crippen molar-refractivity contribution in [2.45, 2.75) is 19.3 Å². The molecule has 134 valence electrons. The smallest absolute Gasteiger partial charge is 0.282 e. The molecule has 2 aliphatic heterocycles. The third-order valence-electron chi connectivity index (χ3n) is 4.56. The summed E-state index contributed by atoms with van der Waals surface area (Å²) in [4.78, 5) is 12.9. The standard InChI is InChI=1S/C15H26N6O2S/c1-18(2)14-15(17-7-6-16-14)19-8-5-11-21(13-12-19)24(22,23)20-9-3-4-10-20/h6-7H,3-5,8-13H2,1-2H3. The first-order chi connectivity index (χ1) is 11.5. The van der Waals surface area contributed by atoms with Gasteiger partial charge in [-0.05, 0) is 19.3 Å². The van der Waals surface area contributed by atoms with E-state index in [1.807, 2.05) is 19.0 Å². The molecule has 0 radical (unpaired) electrons. The van der Waals surface area contributed by atoms with Gasteiger partial charge in [0.05, 0.1) is 0 Å². The molecule has 2 aliphatic rings. The van der Waals surface area contributed by atoms with Crippen molar-refractivity contribution in [3.63, 3.8) is 0 Å². The summed E-state index contributed by atoms with van der Waals surface area (Å²) < 4.78 is 28.8. The average molecular weight is 354 g/mol. The van der Waals surface area contributed by atoms with Gasteiger partial charge >= 0.3 is 0 Å². The van der Waals surface area contributed by atoms with Gasteiger partial charge in [0.15, 0.2) is 11.6 Å². The van der Waals surface area contributed by atoms with Crippen LogP contribution in [0.15, 0.2) is 12.4 Å². The van der Waals surface area contributed by atoms with Gasteiger partial charge in [-0.2, -0.15) is 17.0 Å². The lowest BCUT2D eigenvalue weighted by molar-refractivity contribution is 0.373. The summed E-state index contributed by atoms with van der Waals surface area (Å²) in [5.74, 6) is 1.64. The molecule has 0 aliphatic carbocycles. The fourth-order valence-electron chi connectivity index (χ4n) is 3.28. The molecule has 0 amide bonds. The predicted octanol–water partition coefficient (Wildman–Crippen LogP) is 0.395. The van der Waals surface area contributed by atoms with Crippen LogP contribution in [0.2, 0.25) is 0 Å². The minimum atomic E-state index is -3.32. The highest BCUT2D eigenvalue weighted by Crippen LogP contribution is 2.25. The van der Waals surface area contributed by atoms with Gasteiger partial charge in [-0.15, -0.1) is 0 Å². The molecule has 1 aromatic heterocycles. The second-order valence-corrected chi connectivity index (χ2v) is 8.38. The molecule has 9 heteroatoms. The Morgan fingerprint density at radius 3 is 2.21 bits per heavy atom. The van der Waals surface area contributed by atoms with Crippen molar-refractivity contribution in [2.24, 2.45) is 0 Å². The van der Waals surface area contributed by atoms with Crippen molar-refractivity contribution in [3.05, 3.63) is 12.4 Å². The van der Waals surface area contributed by atoms with E-state index in [0.29, 0.717) is 32.7 Å². The Balaban J connectivity index is 1.74. The fraction of sp³-hybridized carbons (Fsp3) is 0.733. The minimum Gasteiger partial charge on any atom is -0.360 e. The van der Waals surface area contributed by atoms with E-state index in [2.05, 4.69) is 14.9 Å². The van der Waals surface area contributed by atoms with Crippen molar-refractivity contribution >= 4 is 21.8 Å². The van der Waals surface area contributed by atoms with Gasteiger partial charge in [0.1, 0.15) is 0 Å². The largest absolute Gasteiger partial charge is 0.360 e. The van der Waals surface area contributed by atoms with Gasteiger partial charge in [0.25, 0.3) is 10.2 Å². The summed E-state index contributed by atoms with van der Waals surface area (Å²) in [6.45, 7) is 3.77. The molecule has 0 saturated carbocycles. The van der Waals surface area contributed by atoms with Crippen molar-refractivity contribution in [3.8, 4) is 0 Å². The van der Waals surface area contributed by atoms with Crippen LogP contribution < -0.4 is 9.80 Å². The second-order valence-electron chi connectivity index (χ2n) is 6.45. The summed E-state index contributed by atoms with van der Waals surface area (Å²) >= 11 is 0. The van der Waals surface area contributed by atoms with Crippen LogP contribution in [0.5, 0.6) is 0 Å². The van der Waals surface area contributed by atoms with Crippen molar-refractivity contribution in [2.75, 3.05) is 63.2 Å². The van der Waals surface area contributed by atoms with Crippen LogP contribution in [0.4, 0.5) is 11.6 Å². The van der Waals surface area contributed by atoms with E-state index < -0.39 is 10.2 Å². The van der Waals surface area contributed by atoms with Crippen LogP contribution in [-0.4, -0.2) is 80.4 Å². The predicted molar refractivity (Wildman–Crippen MR) is 94.5 cm³/mol. The average Bonchev–Trinajstić information content (AvgIpc) is 3.00. The van der Waals surface area contributed by atoms with E-state index in [1.54, 1.807) is 21.0 Å². The molecular weight excluding hydrogens is 328 g/mol. The van der Waals surface area contributed by atoms with E-state index in [1.165, 1.54) is 0 Å². The highest BCUT2D eigenvalue weighted by molar-refractivity contribution is 7.86. The molecular formula is C15H26N6O2S. The molecule has 2 saturated heterocycles. The molecule has 3 rings (SSSR count). The Labute approximate surface area is 144 Å². The van der Waals surface area contributed by atoms with E-state index >= 15 is 0 Å². The van der Waals surface area contributed by atoms with Crippen LogP contribution in [-0.2, 0) is 10.2 Å². The highest BCUT2D eigenvalue weighted by atomic mass is 32.2. The lowest BCUT2D eigenvalue weighted by atomic mass is 10.4. The fourth-order valence-corrected chi connectivity index (χ4v) is 5.00. The first-order valence-electron chi connectivity index (χ1n) is 8.48. The Kier molecular flexibility index (Phi) is 5.21. The first kappa shape index (κ1) is 17.4. The van der Waals surface area contributed by atoms with E-state index in [0.717, 1.165) is 37.4 Å². The molecule has 0 unspecified atom stereocenters. The maximum absolute atomic E-state index is 12.8. The zero-order chi connectivity index (χ0) is 17.2. The highest BCUT2D eigenvalue weighted by Gasteiger charge is 2.33. The van der Waals surface area contributed by atoms with Crippen LogP contribution in [0.1, 0.15) is 19.3 Å². The number of hydrogen-bond acceptors (Lipinski definition) is 6. The summed E-state index contributed by atoms with van der Waals surface area (Å²) in [6, 6.07) is 0. The number of nitrogens with zero attached hydrogens (tertiary/aromatic N) is 6. The SMILES string of the molecule is CN(C)c1nccnc1N1CCCN(S(=O)(=O)N2CCCC2)CC1. The zero-order valence-electron chi connectivity index (χ0n) is 14.4. The topological polar surface area (TPSA) is 72.9 Å². The number of hydrogen-bond donors (Lipinski definition) is 0. The molecule has 0 atom stereocenters. The zero-order valence-corrected chi connectivity index (χ0v) is 15.2. The number of anilines is 2. The van der Waals surface area contributed by atoms with Crippen LogP contribution in [0, 0.1) is 0 Å². The monoisotopic (exact) mass is 354 g/mol. The first-order valence-corrected chi connectivity index (χ1v) is 9.88. The lowest BCUT2D eigenvalue weighted by Gasteiger charge is -2.27. The molecule has 2 fully saturated rings. The summed E-state index contributed by atoms with van der Waals surface area (Å²) in [7, 11) is 0.556. The van der Waals surface area contributed by atoms with Crippen molar-refractivity contribution < 1.29 is 8.42 Å². The van der Waals surface area contributed by atoms with Gasteiger partial charge in [-0.1, -0.05) is 0 Å². The Bertz CT molecular complexity index is 660. The van der Waals surface area contributed by atoms with Gasteiger partial charge < -0.3 is 9.80 Å². The maximum Gasteiger partial charge on any atom is 0.282 e. The van der Waals surface area contributed by atoms with Crippen LogP contribution in [0.3, 0.4) is 0 Å². The molecule has 1 aromatic rings. The summed E-state index contributed by atoms with van der Waals surface area (Å²) in [6.07, 6.45) is 6.08. The van der Waals surface area contributed by atoms with E-state index in [4.69, 9.17) is 0 Å². The summed E-state index contributed by atoms with van der Waals surface area (Å²) in [5, 5.41) is 0. The van der Waals surface area contributed by atoms with Crippen LogP contribution >= 0.6 is 0 Å². The molecule has 0 spiro atoms. The molecule has 0 bridgehead atoms. The second kappa shape index (κ2) is 7.20. The summed E-state index contributed by atoms with van der Waals surface area (Å²) in [5.41, 5.74) is 0. The van der Waals surface area contributed by atoms with Crippen LogP contribution in [0.25, 0.3) is 0 Å². The Morgan fingerprint density at radius 1 is 0.875 bits per heavy atom. The molecule has 24 heavy (non-hydrogen) atoms. The number of aromatic nitrogens is 2. The van der Waals surface area contributed by atoms with Gasteiger partial charge in [0.2, 0.25) is 0 Å². The van der Waals surface area contributed by atoms with Gasteiger partial charge in [0, 0.05) is 65.8 Å².